The standard InChI is InChI=1S/C11H13N3OS2/c1-7(2)14-10(15)9(17-11(14)16)4-8-5-12-13(3)6-8/h4-7H,1-3H3. The van der Waals surface area contributed by atoms with E-state index in [1.165, 1.54) is 11.8 Å². The van der Waals surface area contributed by atoms with Gasteiger partial charge in [-0.15, -0.1) is 0 Å². The van der Waals surface area contributed by atoms with E-state index in [2.05, 4.69) is 5.10 Å². The van der Waals surface area contributed by atoms with E-state index in [0.717, 1.165) is 5.56 Å². The van der Waals surface area contributed by atoms with Crippen LogP contribution in [0.5, 0.6) is 0 Å². The SMILES string of the molecule is CC(C)N1C(=O)C(=Cc2cnn(C)c2)SC1=S. The van der Waals surface area contributed by atoms with Gasteiger partial charge in [0.15, 0.2) is 0 Å². The van der Waals surface area contributed by atoms with Crippen molar-refractivity contribution in [2.45, 2.75) is 19.9 Å². The molecule has 1 aromatic rings. The molecule has 0 saturated carbocycles. The van der Waals surface area contributed by atoms with Crippen LogP contribution in [0.15, 0.2) is 17.3 Å². The number of aromatic nitrogens is 2. The van der Waals surface area contributed by atoms with E-state index in [-0.39, 0.29) is 11.9 Å². The normalized spacial score (nSPS) is 18.8. The summed E-state index contributed by atoms with van der Waals surface area (Å²) in [6, 6.07) is 0.0994. The van der Waals surface area contributed by atoms with Gasteiger partial charge in [0, 0.05) is 24.8 Å². The molecule has 1 fully saturated rings. The molecule has 0 N–H and O–H groups in total. The van der Waals surface area contributed by atoms with Crippen molar-refractivity contribution in [2.24, 2.45) is 7.05 Å². The first-order chi connectivity index (χ1) is 7.99. The van der Waals surface area contributed by atoms with Crippen LogP contribution in [0.1, 0.15) is 19.4 Å². The number of hydrogen-bond acceptors (Lipinski definition) is 4. The first-order valence-corrected chi connectivity index (χ1v) is 6.47. The van der Waals surface area contributed by atoms with E-state index >= 15 is 0 Å². The van der Waals surface area contributed by atoms with Gasteiger partial charge in [-0.2, -0.15) is 5.10 Å². The van der Waals surface area contributed by atoms with E-state index in [9.17, 15) is 4.79 Å². The van der Waals surface area contributed by atoms with Crippen LogP contribution in [0.4, 0.5) is 0 Å². The van der Waals surface area contributed by atoms with Crippen LogP contribution in [-0.4, -0.2) is 30.9 Å². The average Bonchev–Trinajstić information content (AvgIpc) is 2.73. The predicted octanol–water partition coefficient (Wildman–Crippen LogP) is 2.03. The van der Waals surface area contributed by atoms with Crippen molar-refractivity contribution in [1.29, 1.82) is 0 Å². The molecule has 1 aromatic heterocycles. The quantitative estimate of drug-likeness (QED) is 0.607. The lowest BCUT2D eigenvalue weighted by Crippen LogP contribution is -2.34. The van der Waals surface area contributed by atoms with Gasteiger partial charge >= 0.3 is 0 Å². The highest BCUT2D eigenvalue weighted by Crippen LogP contribution is 2.33. The molecule has 4 nitrogen and oxygen atoms in total. The van der Waals surface area contributed by atoms with Crippen molar-refractivity contribution >= 4 is 40.3 Å². The second kappa shape index (κ2) is 4.62. The van der Waals surface area contributed by atoms with E-state index in [1.54, 1.807) is 15.8 Å². The molecule has 1 aliphatic rings. The van der Waals surface area contributed by atoms with Gasteiger partial charge in [-0.25, -0.2) is 0 Å². The number of nitrogens with zero attached hydrogens (tertiary/aromatic N) is 3. The molecular weight excluding hydrogens is 254 g/mol. The number of carbonyl (C=O) groups is 1. The molecule has 2 heterocycles. The molecule has 1 amide bonds. The summed E-state index contributed by atoms with van der Waals surface area (Å²) >= 11 is 6.54. The number of thiocarbonyl (C=S) groups is 1. The number of amides is 1. The Bertz CT molecular complexity index is 505. The molecule has 0 spiro atoms. The van der Waals surface area contributed by atoms with Crippen LogP contribution in [0.3, 0.4) is 0 Å². The Morgan fingerprint density at radius 3 is 2.71 bits per heavy atom. The highest BCUT2D eigenvalue weighted by atomic mass is 32.2. The van der Waals surface area contributed by atoms with Crippen molar-refractivity contribution in [1.82, 2.24) is 14.7 Å². The molecule has 1 aliphatic heterocycles. The lowest BCUT2D eigenvalue weighted by atomic mass is 10.3. The van der Waals surface area contributed by atoms with Gasteiger partial charge in [-0.05, 0) is 19.9 Å². The molecule has 0 radical (unpaired) electrons. The zero-order valence-corrected chi connectivity index (χ0v) is 11.5. The van der Waals surface area contributed by atoms with Crippen LogP contribution in [0.2, 0.25) is 0 Å². The summed E-state index contributed by atoms with van der Waals surface area (Å²) in [5, 5.41) is 4.06. The molecule has 0 atom stereocenters. The summed E-state index contributed by atoms with van der Waals surface area (Å²) in [4.78, 5) is 14.4. The Morgan fingerprint density at radius 1 is 1.53 bits per heavy atom. The van der Waals surface area contributed by atoms with E-state index in [1.807, 2.05) is 33.2 Å². The van der Waals surface area contributed by atoms with Crippen LogP contribution in [0, 0.1) is 0 Å². The minimum absolute atomic E-state index is 0.0150. The first kappa shape index (κ1) is 12.3. The summed E-state index contributed by atoms with van der Waals surface area (Å²) < 4.78 is 2.33. The molecule has 1 saturated heterocycles. The molecule has 17 heavy (non-hydrogen) atoms. The molecular formula is C11H13N3OS2. The average molecular weight is 267 g/mol. The van der Waals surface area contributed by atoms with Gasteiger partial charge in [0.25, 0.3) is 5.91 Å². The molecule has 90 valence electrons. The van der Waals surface area contributed by atoms with Gasteiger partial charge in [-0.1, -0.05) is 24.0 Å². The number of rotatable bonds is 2. The minimum Gasteiger partial charge on any atom is -0.290 e. The third-order valence-electron chi connectivity index (χ3n) is 2.36. The Morgan fingerprint density at radius 2 is 2.24 bits per heavy atom. The summed E-state index contributed by atoms with van der Waals surface area (Å²) in [5.74, 6) is -0.0150. The maximum Gasteiger partial charge on any atom is 0.266 e. The van der Waals surface area contributed by atoms with Crippen molar-refractivity contribution in [2.75, 3.05) is 0 Å². The maximum absolute atomic E-state index is 12.1. The summed E-state index contributed by atoms with van der Waals surface area (Å²) in [5.41, 5.74) is 0.914. The Labute approximate surface area is 110 Å². The Kier molecular flexibility index (Phi) is 3.35. The fourth-order valence-corrected chi connectivity index (χ4v) is 3.12. The topological polar surface area (TPSA) is 38.1 Å². The number of hydrogen-bond donors (Lipinski definition) is 0. The zero-order chi connectivity index (χ0) is 12.6. The molecule has 0 bridgehead atoms. The van der Waals surface area contributed by atoms with Gasteiger partial charge in [0.2, 0.25) is 0 Å². The lowest BCUT2D eigenvalue weighted by molar-refractivity contribution is -0.123. The highest BCUT2D eigenvalue weighted by molar-refractivity contribution is 8.26. The number of thioether (sulfide) groups is 1. The number of carbonyl (C=O) groups excluding carboxylic acids is 1. The Hall–Kier alpha value is -1.14. The van der Waals surface area contributed by atoms with Crippen LogP contribution in [-0.2, 0) is 11.8 Å². The van der Waals surface area contributed by atoms with Crippen molar-refractivity contribution < 1.29 is 4.79 Å². The van der Waals surface area contributed by atoms with Gasteiger partial charge < -0.3 is 0 Å². The van der Waals surface area contributed by atoms with E-state index < -0.39 is 0 Å². The van der Waals surface area contributed by atoms with Gasteiger partial charge in [0.05, 0.1) is 11.1 Å². The van der Waals surface area contributed by atoms with Gasteiger partial charge in [-0.3, -0.25) is 14.4 Å². The predicted molar refractivity (Wildman–Crippen MR) is 73.4 cm³/mol. The lowest BCUT2D eigenvalue weighted by Gasteiger charge is -2.18. The summed E-state index contributed by atoms with van der Waals surface area (Å²) in [6.45, 7) is 3.91. The van der Waals surface area contributed by atoms with Crippen LogP contribution < -0.4 is 0 Å². The van der Waals surface area contributed by atoms with Crippen molar-refractivity contribution in [3.63, 3.8) is 0 Å². The molecule has 6 heteroatoms. The fourth-order valence-electron chi connectivity index (χ4n) is 1.59. The molecule has 2 rings (SSSR count). The zero-order valence-electron chi connectivity index (χ0n) is 9.88. The molecule has 0 unspecified atom stereocenters. The van der Waals surface area contributed by atoms with E-state index in [4.69, 9.17) is 12.2 Å². The maximum atomic E-state index is 12.1. The van der Waals surface area contributed by atoms with Crippen molar-refractivity contribution in [3.8, 4) is 0 Å². The second-order valence-electron chi connectivity index (χ2n) is 4.09. The molecule has 0 aromatic carbocycles. The summed E-state index contributed by atoms with van der Waals surface area (Å²) in [6.07, 6.45) is 5.42. The minimum atomic E-state index is -0.0150. The Balaban J connectivity index is 2.28. The third-order valence-corrected chi connectivity index (χ3v) is 3.69. The summed E-state index contributed by atoms with van der Waals surface area (Å²) in [7, 11) is 1.84. The monoisotopic (exact) mass is 267 g/mol. The van der Waals surface area contributed by atoms with Crippen molar-refractivity contribution in [3.05, 3.63) is 22.9 Å². The van der Waals surface area contributed by atoms with E-state index in [0.29, 0.717) is 9.23 Å². The van der Waals surface area contributed by atoms with Gasteiger partial charge in [0.1, 0.15) is 4.32 Å². The smallest absolute Gasteiger partial charge is 0.266 e. The first-order valence-electron chi connectivity index (χ1n) is 5.24. The van der Waals surface area contributed by atoms with Crippen LogP contribution >= 0.6 is 24.0 Å². The number of aryl methyl sites for hydroxylation is 1. The van der Waals surface area contributed by atoms with Crippen LogP contribution in [0.25, 0.3) is 6.08 Å². The largest absolute Gasteiger partial charge is 0.290 e. The highest BCUT2D eigenvalue weighted by Gasteiger charge is 2.33. The molecule has 0 aliphatic carbocycles. The second-order valence-corrected chi connectivity index (χ2v) is 5.77. The fraction of sp³-hybridized carbons (Fsp3) is 0.364. The third kappa shape index (κ3) is 2.42.